The Morgan fingerprint density at radius 2 is 2.30 bits per heavy atom. The molecule has 5 nitrogen and oxygen atoms in total. The van der Waals surface area contributed by atoms with Crippen LogP contribution in [0.5, 0.6) is 5.75 Å². The van der Waals surface area contributed by atoms with Crippen LogP contribution in [0.3, 0.4) is 0 Å². The average molecular weight is 342 g/mol. The maximum Gasteiger partial charge on any atom is 0.326 e. The molecule has 0 fully saturated rings. The largest absolute Gasteiger partial charge is 0.492 e. The molecule has 1 heterocycles. The number of carbonyl (C=O) groups excluding carboxylic acids is 1. The van der Waals surface area contributed by atoms with Gasteiger partial charge in [0.1, 0.15) is 24.3 Å². The van der Waals surface area contributed by atoms with Crippen molar-refractivity contribution in [2.24, 2.45) is 0 Å². The SMILES string of the molecule is CCCC(NC(=O)C1COc2ccc(Br)cc21)C(=O)O. The number of hydrogen-bond donors (Lipinski definition) is 2. The van der Waals surface area contributed by atoms with E-state index in [0.717, 1.165) is 10.0 Å². The molecule has 20 heavy (non-hydrogen) atoms. The van der Waals surface area contributed by atoms with Crippen LogP contribution in [0.2, 0.25) is 0 Å². The first-order valence-electron chi connectivity index (χ1n) is 6.48. The second-order valence-corrected chi connectivity index (χ2v) is 5.65. The second-order valence-electron chi connectivity index (χ2n) is 4.73. The van der Waals surface area contributed by atoms with Gasteiger partial charge in [-0.1, -0.05) is 29.3 Å². The van der Waals surface area contributed by atoms with E-state index in [9.17, 15) is 9.59 Å². The standard InChI is InChI=1S/C14H16BrNO4/c1-2-3-11(14(18)19)16-13(17)10-7-20-12-5-4-8(15)6-9(10)12/h4-6,10-11H,2-3,7H2,1H3,(H,16,17)(H,18,19). The predicted octanol–water partition coefficient (Wildman–Crippen LogP) is 2.29. The number of carbonyl (C=O) groups is 2. The number of carboxylic acid groups (broad SMARTS) is 1. The highest BCUT2D eigenvalue weighted by Crippen LogP contribution is 2.35. The Morgan fingerprint density at radius 1 is 1.55 bits per heavy atom. The van der Waals surface area contributed by atoms with Crippen molar-refractivity contribution in [1.29, 1.82) is 0 Å². The Labute approximate surface area is 125 Å². The van der Waals surface area contributed by atoms with Crippen LogP contribution in [0.4, 0.5) is 0 Å². The van der Waals surface area contributed by atoms with E-state index in [4.69, 9.17) is 9.84 Å². The molecule has 2 unspecified atom stereocenters. The highest BCUT2D eigenvalue weighted by atomic mass is 79.9. The molecule has 0 saturated heterocycles. The van der Waals surface area contributed by atoms with Crippen LogP contribution in [0.25, 0.3) is 0 Å². The molecule has 1 amide bonds. The zero-order chi connectivity index (χ0) is 14.7. The molecule has 6 heteroatoms. The summed E-state index contributed by atoms with van der Waals surface area (Å²) in [5, 5.41) is 11.7. The fourth-order valence-electron chi connectivity index (χ4n) is 2.22. The van der Waals surface area contributed by atoms with Crippen LogP contribution >= 0.6 is 15.9 Å². The molecule has 2 rings (SSSR count). The number of ether oxygens (including phenoxy) is 1. The second kappa shape index (κ2) is 6.26. The van der Waals surface area contributed by atoms with Gasteiger partial charge in [-0.3, -0.25) is 4.79 Å². The van der Waals surface area contributed by atoms with Gasteiger partial charge in [-0.25, -0.2) is 4.79 Å². The molecule has 0 aliphatic carbocycles. The van der Waals surface area contributed by atoms with Crippen LogP contribution in [-0.2, 0) is 9.59 Å². The Balaban J connectivity index is 2.12. The van der Waals surface area contributed by atoms with Crippen LogP contribution in [0.15, 0.2) is 22.7 Å². The third-order valence-corrected chi connectivity index (χ3v) is 3.75. The maximum atomic E-state index is 12.2. The van der Waals surface area contributed by atoms with E-state index < -0.39 is 17.9 Å². The monoisotopic (exact) mass is 341 g/mol. The van der Waals surface area contributed by atoms with Crippen molar-refractivity contribution < 1.29 is 19.4 Å². The van der Waals surface area contributed by atoms with Gasteiger partial charge >= 0.3 is 5.97 Å². The number of aliphatic carboxylic acids is 1. The van der Waals surface area contributed by atoms with Crippen molar-refractivity contribution in [2.45, 2.75) is 31.7 Å². The minimum absolute atomic E-state index is 0.246. The molecular formula is C14H16BrNO4. The first-order valence-corrected chi connectivity index (χ1v) is 7.27. The lowest BCUT2D eigenvalue weighted by molar-refractivity contribution is -0.142. The van der Waals surface area contributed by atoms with Gasteiger partial charge in [0.15, 0.2) is 0 Å². The number of hydrogen-bond acceptors (Lipinski definition) is 3. The van der Waals surface area contributed by atoms with Crippen LogP contribution in [-0.4, -0.2) is 29.6 Å². The summed E-state index contributed by atoms with van der Waals surface area (Å²) in [7, 11) is 0. The van der Waals surface area contributed by atoms with Gasteiger partial charge in [-0.15, -0.1) is 0 Å². The van der Waals surface area contributed by atoms with E-state index in [0.29, 0.717) is 18.6 Å². The fraction of sp³-hybridized carbons (Fsp3) is 0.429. The summed E-state index contributed by atoms with van der Waals surface area (Å²) in [6.07, 6.45) is 1.11. The van der Waals surface area contributed by atoms with Crippen molar-refractivity contribution in [3.63, 3.8) is 0 Å². The summed E-state index contributed by atoms with van der Waals surface area (Å²) in [5.74, 6) is -1.09. The van der Waals surface area contributed by atoms with Crippen molar-refractivity contribution in [3.05, 3.63) is 28.2 Å². The number of benzene rings is 1. The molecule has 108 valence electrons. The normalized spacial score (nSPS) is 18.0. The van der Waals surface area contributed by atoms with E-state index in [1.54, 1.807) is 6.07 Å². The van der Waals surface area contributed by atoms with Crippen molar-refractivity contribution in [2.75, 3.05) is 6.61 Å². The summed E-state index contributed by atoms with van der Waals surface area (Å²) < 4.78 is 6.32. The van der Waals surface area contributed by atoms with E-state index in [-0.39, 0.29) is 12.5 Å². The maximum absolute atomic E-state index is 12.2. The van der Waals surface area contributed by atoms with Gasteiger partial charge in [-0.05, 0) is 24.6 Å². The molecule has 0 saturated carbocycles. The Hall–Kier alpha value is -1.56. The molecule has 1 aliphatic rings. The lowest BCUT2D eigenvalue weighted by Gasteiger charge is -2.16. The number of fused-ring (bicyclic) bond motifs is 1. The van der Waals surface area contributed by atoms with E-state index in [1.807, 2.05) is 19.1 Å². The van der Waals surface area contributed by atoms with Gasteiger partial charge in [-0.2, -0.15) is 0 Å². The molecule has 1 aromatic carbocycles. The van der Waals surface area contributed by atoms with Gasteiger partial charge < -0.3 is 15.2 Å². The highest BCUT2D eigenvalue weighted by molar-refractivity contribution is 9.10. The predicted molar refractivity (Wildman–Crippen MR) is 76.9 cm³/mol. The van der Waals surface area contributed by atoms with Gasteiger partial charge in [0.2, 0.25) is 5.91 Å². The minimum Gasteiger partial charge on any atom is -0.492 e. The summed E-state index contributed by atoms with van der Waals surface area (Å²) in [6, 6.07) is 4.63. The van der Waals surface area contributed by atoms with Gasteiger partial charge in [0, 0.05) is 10.0 Å². The third kappa shape index (κ3) is 3.12. The van der Waals surface area contributed by atoms with E-state index >= 15 is 0 Å². The molecule has 2 N–H and O–H groups in total. The van der Waals surface area contributed by atoms with Crippen LogP contribution in [0, 0.1) is 0 Å². The number of amides is 1. The van der Waals surface area contributed by atoms with Crippen molar-refractivity contribution >= 4 is 27.8 Å². The number of rotatable bonds is 5. The topological polar surface area (TPSA) is 75.6 Å². The number of carboxylic acids is 1. The Bertz CT molecular complexity index is 532. The van der Waals surface area contributed by atoms with Gasteiger partial charge in [0.05, 0.1) is 0 Å². The summed E-state index contributed by atoms with van der Waals surface area (Å²) in [6.45, 7) is 2.13. The van der Waals surface area contributed by atoms with Crippen molar-refractivity contribution in [3.8, 4) is 5.75 Å². The first kappa shape index (κ1) is 14.8. The smallest absolute Gasteiger partial charge is 0.326 e. The first-order chi connectivity index (χ1) is 9.52. The highest BCUT2D eigenvalue weighted by Gasteiger charge is 2.32. The van der Waals surface area contributed by atoms with Crippen LogP contribution in [0.1, 0.15) is 31.2 Å². The molecule has 0 spiro atoms. The summed E-state index contributed by atoms with van der Waals surface area (Å²) >= 11 is 3.36. The Kier molecular flexibility index (Phi) is 4.65. The number of halogens is 1. The van der Waals surface area contributed by atoms with Gasteiger partial charge in [0.25, 0.3) is 0 Å². The average Bonchev–Trinajstić information content (AvgIpc) is 2.80. The van der Waals surface area contributed by atoms with Crippen LogP contribution < -0.4 is 10.1 Å². The zero-order valence-corrected chi connectivity index (χ0v) is 12.6. The zero-order valence-electron chi connectivity index (χ0n) is 11.1. The minimum atomic E-state index is -1.01. The Morgan fingerprint density at radius 3 is 2.95 bits per heavy atom. The molecule has 0 bridgehead atoms. The lowest BCUT2D eigenvalue weighted by atomic mass is 10.00. The van der Waals surface area contributed by atoms with E-state index in [1.165, 1.54) is 0 Å². The molecule has 1 aromatic rings. The molecule has 2 atom stereocenters. The molecule has 0 aromatic heterocycles. The summed E-state index contributed by atoms with van der Waals surface area (Å²) in [5.41, 5.74) is 0.789. The molecule has 0 radical (unpaired) electrons. The van der Waals surface area contributed by atoms with E-state index in [2.05, 4.69) is 21.2 Å². The number of nitrogens with one attached hydrogen (secondary N) is 1. The lowest BCUT2D eigenvalue weighted by Crippen LogP contribution is -2.43. The quantitative estimate of drug-likeness (QED) is 0.861. The third-order valence-electron chi connectivity index (χ3n) is 3.26. The molecule has 1 aliphatic heterocycles. The fourth-order valence-corrected chi connectivity index (χ4v) is 2.60. The molecular weight excluding hydrogens is 326 g/mol. The van der Waals surface area contributed by atoms with Crippen molar-refractivity contribution in [1.82, 2.24) is 5.32 Å². The summed E-state index contributed by atoms with van der Waals surface area (Å²) in [4.78, 5) is 23.3.